The van der Waals surface area contributed by atoms with E-state index in [2.05, 4.69) is 29.5 Å². The van der Waals surface area contributed by atoms with Crippen molar-refractivity contribution in [3.63, 3.8) is 0 Å². The predicted octanol–water partition coefficient (Wildman–Crippen LogP) is 3.98. The van der Waals surface area contributed by atoms with Crippen molar-refractivity contribution in [3.05, 3.63) is 54.2 Å². The molecular formula is C21H26N4O. The van der Waals surface area contributed by atoms with Crippen molar-refractivity contribution in [2.75, 3.05) is 13.1 Å². The summed E-state index contributed by atoms with van der Waals surface area (Å²) in [4.78, 5) is 19.9. The van der Waals surface area contributed by atoms with Crippen molar-refractivity contribution in [1.82, 2.24) is 19.0 Å². The fourth-order valence-corrected chi connectivity index (χ4v) is 4.13. The van der Waals surface area contributed by atoms with Crippen molar-refractivity contribution in [2.45, 2.75) is 38.6 Å². The molecule has 136 valence electrons. The number of hydrogen-bond acceptors (Lipinski definition) is 2. The molecule has 3 heterocycles. The van der Waals surface area contributed by atoms with E-state index in [0.29, 0.717) is 12.0 Å². The Balaban J connectivity index is 1.61. The normalized spacial score (nSPS) is 18.0. The molecule has 0 saturated carbocycles. The number of likely N-dealkylation sites (tertiary alicyclic amines) is 1. The monoisotopic (exact) mass is 350 g/mol. The molecule has 1 atom stereocenters. The fourth-order valence-electron chi connectivity index (χ4n) is 4.13. The van der Waals surface area contributed by atoms with Gasteiger partial charge in [0, 0.05) is 61.6 Å². The van der Waals surface area contributed by atoms with Gasteiger partial charge in [0.25, 0.3) is 5.91 Å². The standard InChI is InChI=1S/C21H26N4O/c1-15(2)25-12-10-22-20(25)16-7-6-11-24(13-16)21(26)18-14-23(3)19-9-5-4-8-17(18)19/h4-5,8-10,12,14-16H,6-7,11,13H2,1-3H3/t16-/m1/s1. The van der Waals surface area contributed by atoms with Crippen molar-refractivity contribution in [3.8, 4) is 0 Å². The van der Waals surface area contributed by atoms with Gasteiger partial charge in [0.15, 0.2) is 0 Å². The number of carbonyl (C=O) groups excluding carboxylic acids is 1. The number of fused-ring (bicyclic) bond motifs is 1. The zero-order valence-electron chi connectivity index (χ0n) is 15.7. The van der Waals surface area contributed by atoms with Crippen LogP contribution in [0.3, 0.4) is 0 Å². The smallest absolute Gasteiger partial charge is 0.256 e. The molecule has 0 unspecified atom stereocenters. The molecule has 5 nitrogen and oxygen atoms in total. The molecule has 1 saturated heterocycles. The van der Waals surface area contributed by atoms with Gasteiger partial charge in [-0.05, 0) is 32.8 Å². The number of nitrogens with zero attached hydrogens (tertiary/aromatic N) is 4. The Labute approximate surface area is 154 Å². The van der Waals surface area contributed by atoms with Gasteiger partial charge >= 0.3 is 0 Å². The number of aromatic nitrogens is 3. The molecule has 1 aliphatic heterocycles. The molecule has 3 aromatic rings. The molecule has 0 aliphatic carbocycles. The van der Waals surface area contributed by atoms with E-state index in [0.717, 1.165) is 48.2 Å². The second-order valence-corrected chi connectivity index (χ2v) is 7.55. The number of rotatable bonds is 3. The van der Waals surface area contributed by atoms with Gasteiger partial charge in [0.1, 0.15) is 5.82 Å². The average Bonchev–Trinajstić information content (AvgIpc) is 3.27. The number of hydrogen-bond donors (Lipinski definition) is 0. The maximum Gasteiger partial charge on any atom is 0.256 e. The Morgan fingerprint density at radius 2 is 2.08 bits per heavy atom. The maximum absolute atomic E-state index is 13.2. The predicted molar refractivity (Wildman–Crippen MR) is 103 cm³/mol. The lowest BCUT2D eigenvalue weighted by molar-refractivity contribution is 0.0705. The van der Waals surface area contributed by atoms with Gasteiger partial charge in [-0.2, -0.15) is 0 Å². The topological polar surface area (TPSA) is 43.1 Å². The van der Waals surface area contributed by atoms with E-state index in [4.69, 9.17) is 0 Å². The van der Waals surface area contributed by atoms with Crippen LogP contribution in [0, 0.1) is 0 Å². The van der Waals surface area contributed by atoms with Gasteiger partial charge in [-0.3, -0.25) is 4.79 Å². The second-order valence-electron chi connectivity index (χ2n) is 7.55. The van der Waals surface area contributed by atoms with Gasteiger partial charge in [-0.1, -0.05) is 18.2 Å². The largest absolute Gasteiger partial charge is 0.350 e. The van der Waals surface area contributed by atoms with Gasteiger partial charge in [0.2, 0.25) is 0 Å². The molecule has 26 heavy (non-hydrogen) atoms. The molecule has 1 fully saturated rings. The van der Waals surface area contributed by atoms with Crippen LogP contribution in [0.2, 0.25) is 0 Å². The maximum atomic E-state index is 13.2. The molecule has 0 radical (unpaired) electrons. The lowest BCUT2D eigenvalue weighted by Gasteiger charge is -2.33. The lowest BCUT2D eigenvalue weighted by Crippen LogP contribution is -2.39. The van der Waals surface area contributed by atoms with Crippen LogP contribution in [0.25, 0.3) is 10.9 Å². The van der Waals surface area contributed by atoms with E-state index in [1.54, 1.807) is 0 Å². The SMILES string of the molecule is CC(C)n1ccnc1[C@@H]1CCCN(C(=O)c2cn(C)c3ccccc23)C1. The first-order valence-electron chi connectivity index (χ1n) is 9.42. The van der Waals surface area contributed by atoms with E-state index < -0.39 is 0 Å². The quantitative estimate of drug-likeness (QED) is 0.717. The highest BCUT2D eigenvalue weighted by molar-refractivity contribution is 6.07. The molecule has 2 aromatic heterocycles. The van der Waals surface area contributed by atoms with Crippen LogP contribution in [0.1, 0.15) is 54.8 Å². The summed E-state index contributed by atoms with van der Waals surface area (Å²) in [5, 5.41) is 1.03. The Morgan fingerprint density at radius 3 is 2.88 bits per heavy atom. The number of para-hydroxylation sites is 1. The van der Waals surface area contributed by atoms with Crippen LogP contribution in [0.4, 0.5) is 0 Å². The second kappa shape index (κ2) is 6.63. The van der Waals surface area contributed by atoms with Crippen LogP contribution >= 0.6 is 0 Å². The third-order valence-electron chi connectivity index (χ3n) is 5.46. The summed E-state index contributed by atoms with van der Waals surface area (Å²) in [6, 6.07) is 8.49. The average molecular weight is 350 g/mol. The van der Waals surface area contributed by atoms with E-state index in [-0.39, 0.29) is 5.91 Å². The minimum atomic E-state index is 0.133. The minimum Gasteiger partial charge on any atom is -0.350 e. The fraction of sp³-hybridized carbons (Fsp3) is 0.429. The van der Waals surface area contributed by atoms with E-state index in [1.165, 1.54) is 0 Å². The van der Waals surface area contributed by atoms with Crippen molar-refractivity contribution < 1.29 is 4.79 Å². The van der Waals surface area contributed by atoms with Crippen LogP contribution < -0.4 is 0 Å². The molecule has 1 aromatic carbocycles. The Kier molecular flexibility index (Phi) is 4.31. The summed E-state index contributed by atoms with van der Waals surface area (Å²) in [5.74, 6) is 1.55. The van der Waals surface area contributed by atoms with Gasteiger partial charge in [-0.15, -0.1) is 0 Å². The number of benzene rings is 1. The number of imidazole rings is 1. The molecule has 4 rings (SSSR count). The lowest BCUT2D eigenvalue weighted by atomic mass is 9.96. The molecule has 1 amide bonds. The molecule has 1 aliphatic rings. The van der Waals surface area contributed by atoms with Crippen molar-refractivity contribution >= 4 is 16.8 Å². The van der Waals surface area contributed by atoms with Crippen molar-refractivity contribution in [1.29, 1.82) is 0 Å². The Hall–Kier alpha value is -2.56. The van der Waals surface area contributed by atoms with Gasteiger partial charge < -0.3 is 14.0 Å². The highest BCUT2D eigenvalue weighted by Gasteiger charge is 2.29. The minimum absolute atomic E-state index is 0.133. The summed E-state index contributed by atoms with van der Waals surface area (Å²) in [6.45, 7) is 5.91. The summed E-state index contributed by atoms with van der Waals surface area (Å²) >= 11 is 0. The van der Waals surface area contributed by atoms with Crippen LogP contribution in [-0.2, 0) is 7.05 Å². The van der Waals surface area contributed by atoms with Crippen LogP contribution in [0.5, 0.6) is 0 Å². The van der Waals surface area contributed by atoms with Gasteiger partial charge in [0.05, 0.1) is 5.56 Å². The first-order chi connectivity index (χ1) is 12.6. The van der Waals surface area contributed by atoms with E-state index >= 15 is 0 Å². The van der Waals surface area contributed by atoms with Crippen molar-refractivity contribution in [2.24, 2.45) is 7.05 Å². The molecular weight excluding hydrogens is 324 g/mol. The molecule has 5 heteroatoms. The first kappa shape index (κ1) is 16.9. The summed E-state index contributed by atoms with van der Waals surface area (Å²) < 4.78 is 4.27. The third kappa shape index (κ3) is 2.81. The van der Waals surface area contributed by atoms with Gasteiger partial charge in [-0.25, -0.2) is 4.98 Å². The number of carbonyl (C=O) groups is 1. The zero-order chi connectivity index (χ0) is 18.3. The van der Waals surface area contributed by atoms with Crippen LogP contribution in [0.15, 0.2) is 42.9 Å². The van der Waals surface area contributed by atoms with E-state index in [9.17, 15) is 4.79 Å². The molecule has 0 bridgehead atoms. The summed E-state index contributed by atoms with van der Waals surface area (Å²) in [5.41, 5.74) is 1.90. The van der Waals surface area contributed by atoms with Crippen LogP contribution in [-0.4, -0.2) is 38.0 Å². The highest BCUT2D eigenvalue weighted by Crippen LogP contribution is 2.29. The van der Waals surface area contributed by atoms with E-state index in [1.807, 2.05) is 53.3 Å². The number of aryl methyl sites for hydroxylation is 1. The first-order valence-corrected chi connectivity index (χ1v) is 9.42. The summed E-state index contributed by atoms with van der Waals surface area (Å²) in [6.07, 6.45) is 7.99. The Bertz CT molecular complexity index is 937. The number of amides is 1. The zero-order valence-corrected chi connectivity index (χ0v) is 15.7. The summed E-state index contributed by atoms with van der Waals surface area (Å²) in [7, 11) is 2.00. The molecule has 0 spiro atoms. The third-order valence-corrected chi connectivity index (χ3v) is 5.46. The highest BCUT2D eigenvalue weighted by atomic mass is 16.2. The number of piperidine rings is 1. The Morgan fingerprint density at radius 1 is 1.27 bits per heavy atom. The molecule has 0 N–H and O–H groups in total.